The Labute approximate surface area is 131 Å². The summed E-state index contributed by atoms with van der Waals surface area (Å²) in [4.78, 5) is 0. The molecule has 5 heteroatoms. The fourth-order valence-electron chi connectivity index (χ4n) is 1.99. The van der Waals surface area contributed by atoms with Crippen LogP contribution in [0.3, 0.4) is 0 Å². The van der Waals surface area contributed by atoms with E-state index in [2.05, 4.69) is 15.9 Å². The molecule has 0 unspecified atom stereocenters. The normalized spacial score (nSPS) is 10.7. The average molecular weight is 351 g/mol. The first-order valence-electron chi connectivity index (χ1n) is 6.51. The third-order valence-corrected chi connectivity index (χ3v) is 3.87. The van der Waals surface area contributed by atoms with E-state index in [-0.39, 0.29) is 22.0 Å². The zero-order valence-corrected chi connectivity index (χ0v) is 13.4. The first-order chi connectivity index (χ1) is 9.91. The lowest BCUT2D eigenvalue weighted by molar-refractivity contribution is 0.434. The van der Waals surface area contributed by atoms with Gasteiger partial charge in [-0.15, -0.1) is 0 Å². The molecule has 0 atom stereocenters. The van der Waals surface area contributed by atoms with Gasteiger partial charge in [0, 0.05) is 5.56 Å². The first kappa shape index (κ1) is 15.5. The second kappa shape index (κ2) is 6.26. The number of nitrogen functional groups attached to an aromatic ring is 1. The van der Waals surface area contributed by atoms with Gasteiger partial charge in [0.05, 0.1) is 4.47 Å². The zero-order chi connectivity index (χ0) is 15.6. The average Bonchev–Trinajstić information content (AvgIpc) is 2.44. The van der Waals surface area contributed by atoms with E-state index in [4.69, 9.17) is 15.9 Å². The molecule has 0 aliphatic heterocycles. The van der Waals surface area contributed by atoms with Crippen LogP contribution in [0.25, 0.3) is 0 Å². The molecule has 0 amide bonds. The van der Waals surface area contributed by atoms with Gasteiger partial charge >= 0.3 is 0 Å². The summed E-state index contributed by atoms with van der Waals surface area (Å²) in [6.07, 6.45) is 0. The molecule has 0 aliphatic rings. The summed E-state index contributed by atoms with van der Waals surface area (Å²) in [5.41, 5.74) is 6.70. The number of ether oxygens (including phenoxy) is 1. The highest BCUT2D eigenvalue weighted by Crippen LogP contribution is 2.34. The smallest absolute Gasteiger partial charge is 0.180 e. The molecule has 0 heterocycles. The number of halogens is 2. The Balaban J connectivity index is 2.42. The largest absolute Gasteiger partial charge is 0.454 e. The van der Waals surface area contributed by atoms with E-state index in [9.17, 15) is 4.39 Å². The van der Waals surface area contributed by atoms with Crippen molar-refractivity contribution in [2.45, 2.75) is 19.8 Å². The zero-order valence-electron chi connectivity index (χ0n) is 11.8. The van der Waals surface area contributed by atoms with Gasteiger partial charge in [0.15, 0.2) is 11.6 Å². The SMILES string of the molecule is CC(C)c1ccccc1Oc1ccc(C(=N)N)c(Br)c1F. The summed E-state index contributed by atoms with van der Waals surface area (Å²) in [6.45, 7) is 4.10. The van der Waals surface area contributed by atoms with Crippen LogP contribution in [0, 0.1) is 11.2 Å². The molecule has 0 radical (unpaired) electrons. The molecule has 110 valence electrons. The Morgan fingerprint density at radius 3 is 2.48 bits per heavy atom. The lowest BCUT2D eigenvalue weighted by Crippen LogP contribution is -2.12. The Kier molecular flexibility index (Phi) is 4.63. The van der Waals surface area contributed by atoms with Crippen molar-refractivity contribution in [2.24, 2.45) is 5.73 Å². The fraction of sp³-hybridized carbons (Fsp3) is 0.188. The number of amidine groups is 1. The number of hydrogen-bond acceptors (Lipinski definition) is 2. The molecule has 0 aromatic heterocycles. The Hall–Kier alpha value is -1.88. The molecule has 2 aromatic carbocycles. The monoisotopic (exact) mass is 350 g/mol. The first-order valence-corrected chi connectivity index (χ1v) is 7.30. The van der Waals surface area contributed by atoms with E-state index in [0.29, 0.717) is 11.3 Å². The fourth-order valence-corrected chi connectivity index (χ4v) is 2.53. The molecule has 3 nitrogen and oxygen atoms in total. The quantitative estimate of drug-likeness (QED) is 0.615. The second-order valence-corrected chi connectivity index (χ2v) is 5.74. The van der Waals surface area contributed by atoms with Gasteiger partial charge in [-0.05, 0) is 45.6 Å². The molecule has 0 bridgehead atoms. The van der Waals surface area contributed by atoms with Crippen molar-refractivity contribution in [1.29, 1.82) is 5.41 Å². The van der Waals surface area contributed by atoms with E-state index in [1.165, 1.54) is 6.07 Å². The van der Waals surface area contributed by atoms with Crippen LogP contribution in [0.2, 0.25) is 0 Å². The predicted octanol–water partition coefficient (Wildman–Crippen LogP) is 4.79. The van der Waals surface area contributed by atoms with E-state index in [1.807, 2.05) is 38.1 Å². The lowest BCUT2D eigenvalue weighted by Gasteiger charge is -2.15. The highest BCUT2D eigenvalue weighted by Gasteiger charge is 2.16. The lowest BCUT2D eigenvalue weighted by atomic mass is 10.0. The number of nitrogens with two attached hydrogens (primary N) is 1. The van der Waals surface area contributed by atoms with Crippen molar-refractivity contribution in [3.63, 3.8) is 0 Å². The van der Waals surface area contributed by atoms with Gasteiger partial charge in [-0.1, -0.05) is 32.0 Å². The van der Waals surface area contributed by atoms with Crippen LogP contribution in [0.4, 0.5) is 4.39 Å². The summed E-state index contributed by atoms with van der Waals surface area (Å²) in [7, 11) is 0. The second-order valence-electron chi connectivity index (χ2n) is 4.95. The molecule has 21 heavy (non-hydrogen) atoms. The molecular weight excluding hydrogens is 335 g/mol. The Morgan fingerprint density at radius 2 is 1.86 bits per heavy atom. The molecule has 0 saturated heterocycles. The third kappa shape index (κ3) is 3.24. The maximum Gasteiger partial charge on any atom is 0.180 e. The standard InChI is InChI=1S/C16H16BrFN2O/c1-9(2)10-5-3-4-6-12(10)21-13-8-7-11(16(19)20)14(17)15(13)18/h3-9H,1-2H3,(H3,19,20). The summed E-state index contributed by atoms with van der Waals surface area (Å²) in [5.74, 6) is 0.217. The van der Waals surface area contributed by atoms with Crippen LogP contribution < -0.4 is 10.5 Å². The van der Waals surface area contributed by atoms with Crippen molar-refractivity contribution < 1.29 is 9.13 Å². The van der Waals surface area contributed by atoms with Crippen molar-refractivity contribution >= 4 is 21.8 Å². The molecule has 0 saturated carbocycles. The molecule has 0 fully saturated rings. The summed E-state index contributed by atoms with van der Waals surface area (Å²) in [5, 5.41) is 7.40. The Morgan fingerprint density at radius 1 is 1.19 bits per heavy atom. The molecular formula is C16H16BrFN2O. The maximum atomic E-state index is 14.3. The van der Waals surface area contributed by atoms with Gasteiger partial charge in [0.1, 0.15) is 11.6 Å². The van der Waals surface area contributed by atoms with Crippen LogP contribution in [0.5, 0.6) is 11.5 Å². The highest BCUT2D eigenvalue weighted by molar-refractivity contribution is 9.10. The predicted molar refractivity (Wildman–Crippen MR) is 85.7 cm³/mol. The molecule has 0 aliphatic carbocycles. The molecule has 2 rings (SSSR count). The minimum Gasteiger partial charge on any atom is -0.454 e. The minimum absolute atomic E-state index is 0.0972. The van der Waals surface area contributed by atoms with Gasteiger partial charge < -0.3 is 10.5 Å². The van der Waals surface area contributed by atoms with Gasteiger partial charge in [-0.3, -0.25) is 5.41 Å². The highest BCUT2D eigenvalue weighted by atomic mass is 79.9. The number of benzene rings is 2. The number of rotatable bonds is 4. The van der Waals surface area contributed by atoms with E-state index in [1.54, 1.807) is 6.07 Å². The maximum absolute atomic E-state index is 14.3. The van der Waals surface area contributed by atoms with Crippen molar-refractivity contribution in [1.82, 2.24) is 0 Å². The molecule has 2 aromatic rings. The van der Waals surface area contributed by atoms with Gasteiger partial charge in [0.25, 0.3) is 0 Å². The van der Waals surface area contributed by atoms with Crippen molar-refractivity contribution in [3.8, 4) is 11.5 Å². The summed E-state index contributed by atoms with van der Waals surface area (Å²) in [6, 6.07) is 10.6. The van der Waals surface area contributed by atoms with Crippen LogP contribution in [0.15, 0.2) is 40.9 Å². The number of para-hydroxylation sites is 1. The van der Waals surface area contributed by atoms with Crippen molar-refractivity contribution in [3.05, 3.63) is 57.8 Å². The van der Waals surface area contributed by atoms with Crippen LogP contribution in [-0.4, -0.2) is 5.84 Å². The summed E-state index contributed by atoms with van der Waals surface area (Å²) < 4.78 is 20.2. The van der Waals surface area contributed by atoms with Gasteiger partial charge in [0.2, 0.25) is 0 Å². The number of nitrogens with one attached hydrogen (secondary N) is 1. The van der Waals surface area contributed by atoms with Crippen molar-refractivity contribution in [2.75, 3.05) is 0 Å². The van der Waals surface area contributed by atoms with Gasteiger partial charge in [-0.2, -0.15) is 0 Å². The topological polar surface area (TPSA) is 59.1 Å². The van der Waals surface area contributed by atoms with E-state index >= 15 is 0 Å². The number of hydrogen-bond donors (Lipinski definition) is 2. The summed E-state index contributed by atoms with van der Waals surface area (Å²) >= 11 is 3.12. The van der Waals surface area contributed by atoms with E-state index < -0.39 is 5.82 Å². The molecule has 0 spiro atoms. The Bertz CT molecular complexity index is 686. The third-order valence-electron chi connectivity index (χ3n) is 3.10. The van der Waals surface area contributed by atoms with E-state index in [0.717, 1.165) is 5.56 Å². The molecule has 3 N–H and O–H groups in total. The van der Waals surface area contributed by atoms with Crippen LogP contribution in [-0.2, 0) is 0 Å². The van der Waals surface area contributed by atoms with Crippen LogP contribution >= 0.6 is 15.9 Å². The minimum atomic E-state index is -0.568. The van der Waals surface area contributed by atoms with Gasteiger partial charge in [-0.25, -0.2) is 4.39 Å². The van der Waals surface area contributed by atoms with Crippen LogP contribution in [0.1, 0.15) is 30.9 Å².